The average Bonchev–Trinajstić information content (AvgIpc) is 3.67. The Bertz CT molecular complexity index is 1410. The summed E-state index contributed by atoms with van der Waals surface area (Å²) in [6, 6.07) is 21.5. The van der Waals surface area contributed by atoms with Crippen molar-refractivity contribution in [2.75, 3.05) is 19.0 Å². The lowest BCUT2D eigenvalue weighted by Crippen LogP contribution is -2.39. The predicted octanol–water partition coefficient (Wildman–Crippen LogP) is 6.10. The van der Waals surface area contributed by atoms with Crippen LogP contribution in [0.4, 0.5) is 5.95 Å². The fraction of sp³-hybridized carbons (Fsp3) is 0.179. The molecule has 1 aromatic heterocycles. The van der Waals surface area contributed by atoms with E-state index < -0.39 is 0 Å². The molecule has 1 fully saturated rings. The summed E-state index contributed by atoms with van der Waals surface area (Å²) in [6.45, 7) is -0.0854. The molecule has 9 heteroatoms. The molecule has 3 aromatic carbocycles. The molecule has 0 radical (unpaired) electrons. The molecule has 188 valence electrons. The molecule has 1 N–H and O–H groups in total. The van der Waals surface area contributed by atoms with Crippen molar-refractivity contribution in [1.82, 2.24) is 14.5 Å². The monoisotopic (exact) mass is 534 g/mol. The molecule has 1 heterocycles. The van der Waals surface area contributed by atoms with Crippen molar-refractivity contribution >= 4 is 41.0 Å². The Morgan fingerprint density at radius 2 is 1.59 bits per heavy atom. The number of nitrogens with one attached hydrogen (secondary N) is 1. The van der Waals surface area contributed by atoms with Crippen molar-refractivity contribution in [1.29, 1.82) is 0 Å². The van der Waals surface area contributed by atoms with Gasteiger partial charge in [-0.25, -0.2) is 4.98 Å². The number of anilines is 1. The Morgan fingerprint density at radius 1 is 0.973 bits per heavy atom. The second-order valence-electron chi connectivity index (χ2n) is 8.74. The molecule has 2 amide bonds. The molecular weight excluding hydrogens is 511 g/mol. The molecule has 7 nitrogen and oxygen atoms in total. The number of amides is 2. The smallest absolute Gasteiger partial charge is 0.254 e. The van der Waals surface area contributed by atoms with Gasteiger partial charge >= 0.3 is 0 Å². The zero-order chi connectivity index (χ0) is 25.9. The number of rotatable bonds is 8. The van der Waals surface area contributed by atoms with Gasteiger partial charge in [0.15, 0.2) is 0 Å². The van der Waals surface area contributed by atoms with Gasteiger partial charge in [0.05, 0.1) is 12.8 Å². The van der Waals surface area contributed by atoms with Crippen LogP contribution >= 0.6 is 23.2 Å². The van der Waals surface area contributed by atoms with E-state index in [9.17, 15) is 9.59 Å². The van der Waals surface area contributed by atoms with Gasteiger partial charge in [0.1, 0.15) is 12.3 Å². The zero-order valence-electron chi connectivity index (χ0n) is 20.0. The van der Waals surface area contributed by atoms with Crippen molar-refractivity contribution in [3.8, 4) is 22.7 Å². The molecule has 0 atom stereocenters. The van der Waals surface area contributed by atoms with Gasteiger partial charge < -0.3 is 9.64 Å². The van der Waals surface area contributed by atoms with Gasteiger partial charge in [-0.1, -0.05) is 35.3 Å². The van der Waals surface area contributed by atoms with E-state index in [0.29, 0.717) is 33.0 Å². The second-order valence-corrected chi connectivity index (χ2v) is 9.62. The first-order chi connectivity index (χ1) is 17.9. The summed E-state index contributed by atoms with van der Waals surface area (Å²) in [4.78, 5) is 32.7. The van der Waals surface area contributed by atoms with E-state index in [0.717, 1.165) is 24.1 Å². The van der Waals surface area contributed by atoms with Crippen LogP contribution in [0.25, 0.3) is 16.9 Å². The molecule has 1 aliphatic carbocycles. The number of aromatic nitrogens is 2. The Labute approximate surface area is 224 Å². The van der Waals surface area contributed by atoms with Crippen molar-refractivity contribution in [2.24, 2.45) is 0 Å². The maximum atomic E-state index is 13.2. The van der Waals surface area contributed by atoms with Crippen LogP contribution in [0, 0.1) is 0 Å². The number of carbonyl (C=O) groups excluding carboxylic acids is 2. The molecular formula is C28H24Cl2N4O3. The Hall–Kier alpha value is -3.81. The van der Waals surface area contributed by atoms with Gasteiger partial charge in [-0.15, -0.1) is 0 Å². The van der Waals surface area contributed by atoms with Crippen LogP contribution in [-0.2, 0) is 4.79 Å². The van der Waals surface area contributed by atoms with E-state index in [-0.39, 0.29) is 24.4 Å². The molecule has 0 bridgehead atoms. The van der Waals surface area contributed by atoms with E-state index in [2.05, 4.69) is 10.3 Å². The van der Waals surface area contributed by atoms with Gasteiger partial charge in [-0.05, 0) is 73.5 Å². The van der Waals surface area contributed by atoms with Crippen molar-refractivity contribution < 1.29 is 14.3 Å². The van der Waals surface area contributed by atoms with Crippen molar-refractivity contribution in [3.63, 3.8) is 0 Å². The largest absolute Gasteiger partial charge is 0.497 e. The number of carbonyl (C=O) groups is 2. The number of benzene rings is 3. The summed E-state index contributed by atoms with van der Waals surface area (Å²) in [6.07, 6.45) is 3.58. The van der Waals surface area contributed by atoms with Crippen molar-refractivity contribution in [3.05, 3.63) is 94.6 Å². The van der Waals surface area contributed by atoms with Crippen molar-refractivity contribution in [2.45, 2.75) is 18.9 Å². The summed E-state index contributed by atoms with van der Waals surface area (Å²) in [5.41, 5.74) is 2.80. The molecule has 5 rings (SSSR count). The van der Waals surface area contributed by atoms with Crippen LogP contribution in [0.5, 0.6) is 5.75 Å². The number of halogens is 2. The van der Waals surface area contributed by atoms with Crippen LogP contribution in [0.3, 0.4) is 0 Å². The highest BCUT2D eigenvalue weighted by Gasteiger charge is 2.34. The quantitative estimate of drug-likeness (QED) is 0.296. The molecule has 0 aliphatic heterocycles. The van der Waals surface area contributed by atoms with Gasteiger partial charge in [-0.2, -0.15) is 0 Å². The van der Waals surface area contributed by atoms with Crippen LogP contribution < -0.4 is 10.1 Å². The predicted molar refractivity (Wildman–Crippen MR) is 145 cm³/mol. The summed E-state index contributed by atoms with van der Waals surface area (Å²) < 4.78 is 7.07. The molecule has 1 aliphatic rings. The number of nitrogens with zero attached hydrogens (tertiary/aromatic N) is 3. The highest BCUT2D eigenvalue weighted by atomic mass is 35.5. The minimum absolute atomic E-state index is 0.0416. The van der Waals surface area contributed by atoms with E-state index >= 15 is 0 Å². The van der Waals surface area contributed by atoms with Crippen LogP contribution in [0.1, 0.15) is 23.2 Å². The summed E-state index contributed by atoms with van der Waals surface area (Å²) in [7, 11) is 1.60. The zero-order valence-corrected chi connectivity index (χ0v) is 21.5. The van der Waals surface area contributed by atoms with E-state index in [1.165, 1.54) is 0 Å². The number of methoxy groups -OCH3 is 1. The molecule has 0 unspecified atom stereocenters. The molecule has 1 saturated carbocycles. The minimum atomic E-state index is -0.336. The first-order valence-corrected chi connectivity index (χ1v) is 12.5. The lowest BCUT2D eigenvalue weighted by molar-refractivity contribution is -0.117. The van der Waals surface area contributed by atoms with Gasteiger partial charge in [0.25, 0.3) is 5.91 Å². The maximum absolute atomic E-state index is 13.2. The van der Waals surface area contributed by atoms with Crippen LogP contribution in [-0.4, -0.2) is 46.0 Å². The number of ether oxygens (including phenoxy) is 1. The molecule has 4 aromatic rings. The van der Waals surface area contributed by atoms with Gasteiger partial charge in [0, 0.05) is 39.1 Å². The summed E-state index contributed by atoms with van der Waals surface area (Å²) >= 11 is 12.0. The number of imidazole rings is 1. The topological polar surface area (TPSA) is 76.5 Å². The number of hydrogen-bond donors (Lipinski definition) is 1. The van der Waals surface area contributed by atoms with E-state index in [4.69, 9.17) is 27.9 Å². The van der Waals surface area contributed by atoms with Gasteiger partial charge in [0.2, 0.25) is 11.9 Å². The fourth-order valence-corrected chi connectivity index (χ4v) is 4.25. The van der Waals surface area contributed by atoms with Crippen LogP contribution in [0.2, 0.25) is 10.0 Å². The highest BCUT2D eigenvalue weighted by Crippen LogP contribution is 2.29. The Morgan fingerprint density at radius 3 is 2.19 bits per heavy atom. The lowest BCUT2D eigenvalue weighted by Gasteiger charge is -2.22. The molecule has 37 heavy (non-hydrogen) atoms. The standard InChI is InChI=1S/C28H24Cl2N4O3/c1-37-24-14-12-23(13-15-24)34-16-25(18-2-6-20(29)7-3-18)31-28(34)32-26(35)17-33(22-10-11-22)27(36)19-4-8-21(30)9-5-19/h2-9,12-16,22H,10-11,17H2,1H3,(H,31,32,35). The second kappa shape index (κ2) is 10.7. The Balaban J connectivity index is 1.41. The van der Waals surface area contributed by atoms with Gasteiger partial charge in [-0.3, -0.25) is 19.5 Å². The Kier molecular flexibility index (Phi) is 7.17. The van der Waals surface area contributed by atoms with E-state index in [1.54, 1.807) is 53.0 Å². The average molecular weight is 535 g/mol. The molecule has 0 saturated heterocycles. The number of hydrogen-bond acceptors (Lipinski definition) is 4. The highest BCUT2D eigenvalue weighted by molar-refractivity contribution is 6.31. The first-order valence-electron chi connectivity index (χ1n) is 11.8. The summed E-state index contributed by atoms with van der Waals surface area (Å²) in [5, 5.41) is 4.08. The third kappa shape index (κ3) is 5.79. The van der Waals surface area contributed by atoms with Crippen LogP contribution in [0.15, 0.2) is 79.0 Å². The van der Waals surface area contributed by atoms with E-state index in [1.807, 2.05) is 42.6 Å². The third-order valence-electron chi connectivity index (χ3n) is 6.10. The first kappa shape index (κ1) is 24.9. The molecule has 0 spiro atoms. The third-order valence-corrected chi connectivity index (χ3v) is 6.61. The fourth-order valence-electron chi connectivity index (χ4n) is 4.00. The minimum Gasteiger partial charge on any atom is -0.497 e. The summed E-state index contributed by atoms with van der Waals surface area (Å²) in [5.74, 6) is 0.523. The maximum Gasteiger partial charge on any atom is 0.254 e. The SMILES string of the molecule is COc1ccc(-n2cc(-c3ccc(Cl)cc3)nc2NC(=O)CN(C(=O)c2ccc(Cl)cc2)C2CC2)cc1. The lowest BCUT2D eigenvalue weighted by atomic mass is 10.2. The normalized spacial score (nSPS) is 12.7.